The molecule has 0 aromatic heterocycles. The van der Waals surface area contributed by atoms with Crippen molar-refractivity contribution >= 4 is 23.1 Å². The number of ether oxygens (including phenoxy) is 4. The van der Waals surface area contributed by atoms with Gasteiger partial charge in [-0.2, -0.15) is 0 Å². The number of benzene rings is 3. The molecule has 41 heavy (non-hydrogen) atoms. The summed E-state index contributed by atoms with van der Waals surface area (Å²) in [6.45, 7) is 10.8. The molecule has 0 spiro atoms. The zero-order valence-corrected chi connectivity index (χ0v) is 24.6. The third-order valence-electron chi connectivity index (χ3n) is 6.96. The average molecular weight is 560 g/mol. The number of Topliss-reactive ketones (excluding diaryl/α,β-unsaturated/α-hetero) is 1. The Morgan fingerprint density at radius 1 is 0.829 bits per heavy atom. The van der Waals surface area contributed by atoms with E-state index in [0.717, 1.165) is 5.56 Å². The molecular weight excluding hydrogens is 522 g/mol. The van der Waals surface area contributed by atoms with Gasteiger partial charge in [0.25, 0.3) is 11.7 Å². The van der Waals surface area contributed by atoms with E-state index in [9.17, 15) is 14.7 Å². The summed E-state index contributed by atoms with van der Waals surface area (Å²) in [6.07, 6.45) is 0. The number of nitrogens with zero attached hydrogens (tertiary/aromatic N) is 1. The Balaban J connectivity index is 1.97. The molecule has 1 fully saturated rings. The second-order valence-electron chi connectivity index (χ2n) is 10.6. The maximum Gasteiger partial charge on any atom is 0.300 e. The van der Waals surface area contributed by atoms with Crippen molar-refractivity contribution in [3.8, 4) is 23.0 Å². The van der Waals surface area contributed by atoms with Crippen molar-refractivity contribution in [1.82, 2.24) is 0 Å². The molecule has 1 aliphatic heterocycles. The summed E-state index contributed by atoms with van der Waals surface area (Å²) < 4.78 is 22.4. The van der Waals surface area contributed by atoms with Crippen LogP contribution in [0.1, 0.15) is 57.4 Å². The molecule has 0 aliphatic carbocycles. The number of methoxy groups -OCH3 is 2. The molecule has 216 valence electrons. The zero-order chi connectivity index (χ0) is 29.9. The molecule has 8 heteroatoms. The van der Waals surface area contributed by atoms with Gasteiger partial charge in [-0.3, -0.25) is 14.5 Å². The van der Waals surface area contributed by atoms with Crippen LogP contribution in [0, 0.1) is 0 Å². The lowest BCUT2D eigenvalue weighted by atomic mass is 9.84. The van der Waals surface area contributed by atoms with Crippen molar-refractivity contribution in [2.75, 3.05) is 32.3 Å². The highest BCUT2D eigenvalue weighted by molar-refractivity contribution is 6.51. The maximum atomic E-state index is 13.7. The molecule has 1 saturated heterocycles. The molecule has 1 amide bonds. The van der Waals surface area contributed by atoms with Gasteiger partial charge in [-0.1, -0.05) is 26.8 Å². The first-order valence-corrected chi connectivity index (χ1v) is 13.6. The Labute approximate surface area is 241 Å². The van der Waals surface area contributed by atoms with Crippen LogP contribution in [0.3, 0.4) is 0 Å². The predicted molar refractivity (Wildman–Crippen MR) is 158 cm³/mol. The standard InChI is InChI=1S/C33H37NO7/c1-8-40-25-16-11-21(18-24(25)33(3,4)5)30(35)28-29(20-10-17-26(39-7)27(19-20)41-9-2)34(32(37)31(28)36)22-12-14-23(38-6)15-13-22/h10-19,29,35H,8-9H2,1-7H3/b30-28+. The van der Waals surface area contributed by atoms with Crippen LogP contribution in [0.4, 0.5) is 5.69 Å². The number of aliphatic hydroxyl groups is 1. The SMILES string of the molecule is CCOc1cc(C2/C(=C(\O)c3ccc(OCC)c(C(C)(C)C)c3)C(=O)C(=O)N2c2ccc(OC)cc2)ccc1OC. The first kappa shape index (κ1) is 29.5. The number of carbonyl (C=O) groups excluding carboxylic acids is 2. The van der Waals surface area contributed by atoms with Gasteiger partial charge in [0.05, 0.1) is 39.0 Å². The summed E-state index contributed by atoms with van der Waals surface area (Å²) >= 11 is 0. The molecule has 1 heterocycles. The number of hydrogen-bond donors (Lipinski definition) is 1. The number of ketones is 1. The van der Waals surface area contributed by atoms with Crippen molar-refractivity contribution in [2.24, 2.45) is 0 Å². The van der Waals surface area contributed by atoms with E-state index in [1.807, 2.05) is 40.7 Å². The fourth-order valence-corrected chi connectivity index (χ4v) is 4.99. The van der Waals surface area contributed by atoms with Gasteiger partial charge in [0.2, 0.25) is 0 Å². The van der Waals surface area contributed by atoms with Gasteiger partial charge in [0.1, 0.15) is 17.3 Å². The van der Waals surface area contributed by atoms with E-state index in [1.54, 1.807) is 68.8 Å². The number of rotatable bonds is 9. The normalized spacial score (nSPS) is 16.6. The third kappa shape index (κ3) is 5.73. The van der Waals surface area contributed by atoms with Crippen LogP contribution < -0.4 is 23.8 Å². The van der Waals surface area contributed by atoms with Gasteiger partial charge in [-0.15, -0.1) is 0 Å². The molecule has 0 bridgehead atoms. The number of carbonyl (C=O) groups is 2. The smallest absolute Gasteiger partial charge is 0.300 e. The topological polar surface area (TPSA) is 94.5 Å². The molecule has 8 nitrogen and oxygen atoms in total. The van der Waals surface area contributed by atoms with Crippen LogP contribution in [-0.2, 0) is 15.0 Å². The second-order valence-corrected chi connectivity index (χ2v) is 10.6. The number of amides is 1. The minimum atomic E-state index is -0.932. The molecular formula is C33H37NO7. The first-order chi connectivity index (χ1) is 19.5. The van der Waals surface area contributed by atoms with Crippen LogP contribution in [0.15, 0.2) is 66.2 Å². The number of anilines is 1. The summed E-state index contributed by atoms with van der Waals surface area (Å²) in [5, 5.41) is 11.7. The summed E-state index contributed by atoms with van der Waals surface area (Å²) in [5.74, 6) is 0.465. The van der Waals surface area contributed by atoms with E-state index in [2.05, 4.69) is 0 Å². The summed E-state index contributed by atoms with van der Waals surface area (Å²) in [7, 11) is 3.09. The number of hydrogen-bond acceptors (Lipinski definition) is 7. The fraction of sp³-hybridized carbons (Fsp3) is 0.333. The lowest BCUT2D eigenvalue weighted by Crippen LogP contribution is -2.29. The highest BCUT2D eigenvalue weighted by Gasteiger charge is 2.47. The van der Waals surface area contributed by atoms with Crippen LogP contribution in [0.25, 0.3) is 5.76 Å². The summed E-state index contributed by atoms with van der Waals surface area (Å²) in [6, 6.07) is 16.4. The van der Waals surface area contributed by atoms with Gasteiger partial charge in [0, 0.05) is 16.8 Å². The van der Waals surface area contributed by atoms with Crippen LogP contribution >= 0.6 is 0 Å². The summed E-state index contributed by atoms with van der Waals surface area (Å²) in [4.78, 5) is 28.7. The Kier molecular flexibility index (Phi) is 8.61. The Morgan fingerprint density at radius 2 is 1.46 bits per heavy atom. The Hall–Kier alpha value is -4.46. The molecule has 1 aliphatic rings. The lowest BCUT2D eigenvalue weighted by Gasteiger charge is -2.27. The molecule has 1 unspecified atom stereocenters. The van der Waals surface area contributed by atoms with Gasteiger partial charge in [-0.25, -0.2) is 0 Å². The summed E-state index contributed by atoms with van der Waals surface area (Å²) in [5.41, 5.74) is 2.00. The maximum absolute atomic E-state index is 13.7. The molecule has 1 atom stereocenters. The first-order valence-electron chi connectivity index (χ1n) is 13.6. The van der Waals surface area contributed by atoms with Crippen molar-refractivity contribution in [3.05, 3.63) is 82.9 Å². The second kappa shape index (κ2) is 12.0. The third-order valence-corrected chi connectivity index (χ3v) is 6.96. The van der Waals surface area contributed by atoms with Gasteiger partial charge >= 0.3 is 0 Å². The Morgan fingerprint density at radius 3 is 2.05 bits per heavy atom. The molecule has 4 rings (SSSR count). The molecule has 3 aromatic carbocycles. The van der Waals surface area contributed by atoms with E-state index in [1.165, 1.54) is 4.90 Å². The molecule has 3 aromatic rings. The van der Waals surface area contributed by atoms with E-state index in [-0.39, 0.29) is 16.7 Å². The molecule has 0 saturated carbocycles. The lowest BCUT2D eigenvalue weighted by molar-refractivity contribution is -0.132. The van der Waals surface area contributed by atoms with E-state index in [0.29, 0.717) is 53.0 Å². The minimum absolute atomic E-state index is 0.0255. The van der Waals surface area contributed by atoms with Crippen molar-refractivity contribution in [1.29, 1.82) is 0 Å². The predicted octanol–water partition coefficient (Wildman–Crippen LogP) is 6.43. The highest BCUT2D eigenvalue weighted by atomic mass is 16.5. The van der Waals surface area contributed by atoms with Crippen LogP contribution in [-0.4, -0.2) is 44.2 Å². The van der Waals surface area contributed by atoms with E-state index in [4.69, 9.17) is 18.9 Å². The van der Waals surface area contributed by atoms with Crippen LogP contribution in [0.5, 0.6) is 23.0 Å². The highest BCUT2D eigenvalue weighted by Crippen LogP contribution is 2.45. The average Bonchev–Trinajstić information content (AvgIpc) is 3.22. The minimum Gasteiger partial charge on any atom is -0.507 e. The monoisotopic (exact) mass is 559 g/mol. The van der Waals surface area contributed by atoms with Crippen LogP contribution in [0.2, 0.25) is 0 Å². The van der Waals surface area contributed by atoms with Gasteiger partial charge in [-0.05, 0) is 79.4 Å². The van der Waals surface area contributed by atoms with E-state index >= 15 is 0 Å². The van der Waals surface area contributed by atoms with Gasteiger partial charge in [0.15, 0.2) is 11.5 Å². The van der Waals surface area contributed by atoms with Crippen molar-refractivity contribution in [2.45, 2.75) is 46.1 Å². The van der Waals surface area contributed by atoms with Crippen molar-refractivity contribution < 1.29 is 33.6 Å². The zero-order valence-electron chi connectivity index (χ0n) is 24.6. The number of aliphatic hydroxyl groups excluding tert-OH is 1. The quantitative estimate of drug-likeness (QED) is 0.184. The Bertz CT molecular complexity index is 1470. The fourth-order valence-electron chi connectivity index (χ4n) is 4.99. The van der Waals surface area contributed by atoms with Gasteiger partial charge < -0.3 is 24.1 Å². The van der Waals surface area contributed by atoms with E-state index < -0.39 is 17.7 Å². The largest absolute Gasteiger partial charge is 0.507 e. The molecule has 1 N–H and O–H groups in total. The molecule has 0 radical (unpaired) electrons. The van der Waals surface area contributed by atoms with Crippen molar-refractivity contribution in [3.63, 3.8) is 0 Å².